The van der Waals surface area contributed by atoms with Gasteiger partial charge in [-0.3, -0.25) is 4.79 Å². The number of ketones is 1. The van der Waals surface area contributed by atoms with Gasteiger partial charge in [0.2, 0.25) is 0 Å². The lowest BCUT2D eigenvalue weighted by molar-refractivity contribution is -0.126. The fourth-order valence-corrected chi connectivity index (χ4v) is 1.55. The molecule has 0 aliphatic heterocycles. The molecular formula is C11H16O2. The van der Waals surface area contributed by atoms with E-state index < -0.39 is 0 Å². The van der Waals surface area contributed by atoms with Crippen molar-refractivity contribution in [1.29, 1.82) is 0 Å². The van der Waals surface area contributed by atoms with Gasteiger partial charge in [-0.2, -0.15) is 0 Å². The Hall–Kier alpha value is -0.890. The fraction of sp³-hybridized carbons (Fsp3) is 0.545. The van der Waals surface area contributed by atoms with Gasteiger partial charge in [0.05, 0.1) is 0 Å². The van der Waals surface area contributed by atoms with Crippen LogP contribution in [0.3, 0.4) is 0 Å². The van der Waals surface area contributed by atoms with Crippen LogP contribution in [0.2, 0.25) is 0 Å². The second kappa shape index (κ2) is 3.88. The molecule has 0 aromatic heterocycles. The maximum atomic E-state index is 11.2. The first-order chi connectivity index (χ1) is 6.07. The minimum absolute atomic E-state index is 0.138. The molecule has 13 heavy (non-hydrogen) atoms. The monoisotopic (exact) mass is 180 g/mol. The highest BCUT2D eigenvalue weighted by molar-refractivity contribution is 6.08. The molecule has 0 aromatic rings. The van der Waals surface area contributed by atoms with Crippen molar-refractivity contribution in [2.45, 2.75) is 32.8 Å². The summed E-state index contributed by atoms with van der Waals surface area (Å²) in [6.45, 7) is 7.70. The van der Waals surface area contributed by atoms with E-state index in [-0.39, 0.29) is 11.9 Å². The molecule has 2 nitrogen and oxygen atoms in total. The van der Waals surface area contributed by atoms with Gasteiger partial charge in [0.25, 0.3) is 0 Å². The van der Waals surface area contributed by atoms with Crippen LogP contribution in [0.1, 0.15) is 26.7 Å². The molecule has 1 rings (SSSR count). The molecule has 0 radical (unpaired) electrons. The molecule has 0 spiro atoms. The summed E-state index contributed by atoms with van der Waals surface area (Å²) in [6.07, 6.45) is 1.59. The lowest BCUT2D eigenvalue weighted by Crippen LogP contribution is -2.37. The van der Waals surface area contributed by atoms with E-state index in [1.165, 1.54) is 0 Å². The highest BCUT2D eigenvalue weighted by Crippen LogP contribution is 2.31. The third kappa shape index (κ3) is 1.89. The Bertz CT molecular complexity index is 274. The summed E-state index contributed by atoms with van der Waals surface area (Å²) >= 11 is 0. The molecule has 72 valence electrons. The average molecular weight is 180 g/mol. The van der Waals surface area contributed by atoms with E-state index in [9.17, 15) is 4.79 Å². The van der Waals surface area contributed by atoms with Gasteiger partial charge in [-0.25, -0.2) is 0 Å². The quantitative estimate of drug-likeness (QED) is 0.620. The zero-order valence-corrected chi connectivity index (χ0v) is 8.52. The Morgan fingerprint density at radius 3 is 2.69 bits per heavy atom. The van der Waals surface area contributed by atoms with Crippen molar-refractivity contribution in [3.8, 4) is 0 Å². The first-order valence-corrected chi connectivity index (χ1v) is 4.49. The number of methoxy groups -OCH3 is 1. The van der Waals surface area contributed by atoms with E-state index >= 15 is 0 Å². The summed E-state index contributed by atoms with van der Waals surface area (Å²) in [5, 5.41) is 0. The maximum absolute atomic E-state index is 11.2. The summed E-state index contributed by atoms with van der Waals surface area (Å²) in [5.41, 5.74) is 3.18. The maximum Gasteiger partial charge on any atom is 0.191 e. The molecule has 0 amide bonds. The predicted octanol–water partition coefficient (Wildman–Crippen LogP) is 2.26. The normalized spacial score (nSPS) is 21.8. The van der Waals surface area contributed by atoms with Crippen LogP contribution < -0.4 is 0 Å². The fourth-order valence-electron chi connectivity index (χ4n) is 1.55. The second-order valence-corrected chi connectivity index (χ2v) is 3.59. The molecule has 1 unspecified atom stereocenters. The van der Waals surface area contributed by atoms with Gasteiger partial charge < -0.3 is 4.74 Å². The Labute approximate surface area is 79.3 Å². The Balaban J connectivity index is 2.59. The summed E-state index contributed by atoms with van der Waals surface area (Å²) < 4.78 is 5.08. The topological polar surface area (TPSA) is 26.3 Å². The number of ether oxygens (including phenoxy) is 1. The standard InChI is InChI=1S/C11H16O2/c1-7(2)5-6-9-8(3)10(12)11(9)13-4/h11H,1,5-6H2,2-4H3. The van der Waals surface area contributed by atoms with Gasteiger partial charge in [0, 0.05) is 7.11 Å². The van der Waals surface area contributed by atoms with E-state index in [1.807, 2.05) is 13.8 Å². The van der Waals surface area contributed by atoms with Gasteiger partial charge in [-0.05, 0) is 37.8 Å². The predicted molar refractivity (Wildman–Crippen MR) is 52.6 cm³/mol. The number of carbonyl (C=O) groups is 1. The van der Waals surface area contributed by atoms with Gasteiger partial charge in [0.1, 0.15) is 6.10 Å². The minimum atomic E-state index is -0.264. The lowest BCUT2D eigenvalue weighted by Gasteiger charge is -2.29. The van der Waals surface area contributed by atoms with Crippen LogP contribution in [-0.2, 0) is 9.53 Å². The first kappa shape index (κ1) is 10.2. The SMILES string of the molecule is C=C(C)CCC1=C(C)C(=O)C1OC. The van der Waals surface area contributed by atoms with E-state index in [4.69, 9.17) is 4.74 Å². The van der Waals surface area contributed by atoms with Crippen molar-refractivity contribution >= 4 is 5.78 Å². The summed E-state index contributed by atoms with van der Waals surface area (Å²) in [4.78, 5) is 11.2. The molecule has 0 fully saturated rings. The molecule has 1 aliphatic carbocycles. The zero-order chi connectivity index (χ0) is 10.0. The number of carbonyl (C=O) groups excluding carboxylic acids is 1. The number of hydrogen-bond acceptors (Lipinski definition) is 2. The molecule has 0 saturated heterocycles. The highest BCUT2D eigenvalue weighted by atomic mass is 16.5. The van der Waals surface area contributed by atoms with E-state index in [1.54, 1.807) is 7.11 Å². The number of Topliss-reactive ketones (excluding diaryl/α,β-unsaturated/α-hetero) is 1. The zero-order valence-electron chi connectivity index (χ0n) is 8.52. The van der Waals surface area contributed by atoms with Crippen molar-refractivity contribution in [3.05, 3.63) is 23.3 Å². The Kier molecular flexibility index (Phi) is 3.04. The van der Waals surface area contributed by atoms with Crippen molar-refractivity contribution in [3.63, 3.8) is 0 Å². The van der Waals surface area contributed by atoms with E-state index in [0.717, 1.165) is 29.6 Å². The van der Waals surface area contributed by atoms with Crippen LogP contribution in [0.4, 0.5) is 0 Å². The smallest absolute Gasteiger partial charge is 0.191 e. The number of rotatable bonds is 4. The molecule has 0 heterocycles. The highest BCUT2D eigenvalue weighted by Gasteiger charge is 2.35. The molecule has 0 saturated carbocycles. The average Bonchev–Trinajstić information content (AvgIpc) is 2.10. The van der Waals surface area contributed by atoms with Crippen LogP contribution in [-0.4, -0.2) is 19.0 Å². The van der Waals surface area contributed by atoms with Gasteiger partial charge in [-0.15, -0.1) is 6.58 Å². The molecule has 1 atom stereocenters. The van der Waals surface area contributed by atoms with Crippen molar-refractivity contribution in [2.75, 3.05) is 7.11 Å². The van der Waals surface area contributed by atoms with Gasteiger partial charge in [-0.1, -0.05) is 5.57 Å². The van der Waals surface area contributed by atoms with Crippen molar-refractivity contribution in [1.82, 2.24) is 0 Å². The van der Waals surface area contributed by atoms with Crippen molar-refractivity contribution < 1.29 is 9.53 Å². The minimum Gasteiger partial charge on any atom is -0.369 e. The lowest BCUT2D eigenvalue weighted by atomic mass is 9.81. The van der Waals surface area contributed by atoms with Gasteiger partial charge >= 0.3 is 0 Å². The van der Waals surface area contributed by atoms with Crippen LogP contribution in [0.25, 0.3) is 0 Å². The van der Waals surface area contributed by atoms with Crippen LogP contribution in [0, 0.1) is 0 Å². The van der Waals surface area contributed by atoms with Crippen LogP contribution >= 0.6 is 0 Å². The number of allylic oxidation sites excluding steroid dienone is 1. The first-order valence-electron chi connectivity index (χ1n) is 4.49. The second-order valence-electron chi connectivity index (χ2n) is 3.59. The molecule has 0 bridgehead atoms. The Morgan fingerprint density at radius 2 is 2.23 bits per heavy atom. The van der Waals surface area contributed by atoms with Gasteiger partial charge in [0.15, 0.2) is 5.78 Å². The summed E-state index contributed by atoms with van der Waals surface area (Å²) in [6, 6.07) is 0. The summed E-state index contributed by atoms with van der Waals surface area (Å²) in [7, 11) is 1.58. The van der Waals surface area contributed by atoms with E-state index in [0.29, 0.717) is 0 Å². The summed E-state index contributed by atoms with van der Waals surface area (Å²) in [5.74, 6) is 0.138. The molecule has 2 heteroatoms. The van der Waals surface area contributed by atoms with Crippen molar-refractivity contribution in [2.24, 2.45) is 0 Å². The largest absolute Gasteiger partial charge is 0.369 e. The molecular weight excluding hydrogens is 164 g/mol. The Morgan fingerprint density at radius 1 is 1.62 bits per heavy atom. The molecule has 1 aliphatic rings. The molecule has 0 N–H and O–H groups in total. The van der Waals surface area contributed by atoms with E-state index in [2.05, 4.69) is 6.58 Å². The third-order valence-electron chi connectivity index (χ3n) is 2.46. The third-order valence-corrected chi connectivity index (χ3v) is 2.46. The number of hydrogen-bond donors (Lipinski definition) is 0. The van der Waals surface area contributed by atoms with Crippen LogP contribution in [0.5, 0.6) is 0 Å². The molecule has 0 aromatic carbocycles. The van der Waals surface area contributed by atoms with Crippen LogP contribution in [0.15, 0.2) is 23.3 Å².